The quantitative estimate of drug-likeness (QED) is 0.802. The molecule has 1 nitrogen and oxygen atoms in total. The van der Waals surface area contributed by atoms with Gasteiger partial charge in [-0.2, -0.15) is 0 Å². The van der Waals surface area contributed by atoms with Crippen LogP contribution in [0.25, 0.3) is 0 Å². The fourth-order valence-corrected chi connectivity index (χ4v) is 1.45. The van der Waals surface area contributed by atoms with E-state index in [1.807, 2.05) is 13.0 Å². The number of rotatable bonds is 4. The minimum Gasteiger partial charge on any atom is -0.374 e. The summed E-state index contributed by atoms with van der Waals surface area (Å²) in [6.07, 6.45) is 0.181. The van der Waals surface area contributed by atoms with E-state index in [0.717, 1.165) is 5.56 Å². The summed E-state index contributed by atoms with van der Waals surface area (Å²) >= 11 is 3.21. The maximum absolute atomic E-state index is 13.2. The lowest BCUT2D eigenvalue weighted by atomic mass is 10.1. The average molecular weight is 275 g/mol. The molecular formula is C12H16BrFO. The first-order valence-electron chi connectivity index (χ1n) is 5.07. The third-order valence-electron chi connectivity index (χ3n) is 2.47. The van der Waals surface area contributed by atoms with Gasteiger partial charge in [-0.1, -0.05) is 26.0 Å². The van der Waals surface area contributed by atoms with E-state index < -0.39 is 0 Å². The Morgan fingerprint density at radius 3 is 2.60 bits per heavy atom. The van der Waals surface area contributed by atoms with Crippen LogP contribution in [0.15, 0.2) is 22.7 Å². The van der Waals surface area contributed by atoms with Gasteiger partial charge in [0, 0.05) is 0 Å². The molecule has 0 heterocycles. The normalized spacial score (nSPS) is 13.2. The molecule has 0 saturated carbocycles. The first-order chi connectivity index (χ1) is 7.02. The molecule has 1 atom stereocenters. The van der Waals surface area contributed by atoms with Crippen LogP contribution < -0.4 is 0 Å². The first kappa shape index (κ1) is 12.7. The molecule has 1 rings (SSSR count). The van der Waals surface area contributed by atoms with E-state index in [2.05, 4.69) is 29.8 Å². The molecule has 0 aliphatic heterocycles. The Balaban J connectivity index is 2.62. The molecule has 0 aliphatic carbocycles. The zero-order valence-corrected chi connectivity index (χ0v) is 10.8. The van der Waals surface area contributed by atoms with Crippen molar-refractivity contribution in [3.05, 3.63) is 34.1 Å². The van der Waals surface area contributed by atoms with Gasteiger partial charge in [-0.05, 0) is 40.4 Å². The largest absolute Gasteiger partial charge is 0.374 e. The lowest BCUT2D eigenvalue weighted by Crippen LogP contribution is -2.15. The van der Waals surface area contributed by atoms with Crippen LogP contribution >= 0.6 is 15.9 Å². The third-order valence-corrected chi connectivity index (χ3v) is 3.36. The third kappa shape index (κ3) is 3.58. The van der Waals surface area contributed by atoms with Crippen molar-refractivity contribution in [2.75, 3.05) is 0 Å². The molecule has 0 saturated heterocycles. The van der Waals surface area contributed by atoms with Crippen LogP contribution in [-0.4, -0.2) is 6.10 Å². The van der Waals surface area contributed by atoms with Gasteiger partial charge in [0.2, 0.25) is 0 Å². The van der Waals surface area contributed by atoms with Crippen LogP contribution in [-0.2, 0) is 11.3 Å². The van der Waals surface area contributed by atoms with E-state index in [1.54, 1.807) is 6.07 Å². The van der Waals surface area contributed by atoms with Gasteiger partial charge in [-0.3, -0.25) is 0 Å². The highest BCUT2D eigenvalue weighted by atomic mass is 79.9. The van der Waals surface area contributed by atoms with Crippen molar-refractivity contribution in [3.8, 4) is 0 Å². The van der Waals surface area contributed by atoms with Crippen molar-refractivity contribution in [3.63, 3.8) is 0 Å². The Labute approximate surface area is 98.8 Å². The van der Waals surface area contributed by atoms with Crippen LogP contribution in [0, 0.1) is 11.7 Å². The van der Waals surface area contributed by atoms with Crippen molar-refractivity contribution in [1.82, 2.24) is 0 Å². The Hall–Kier alpha value is -0.410. The summed E-state index contributed by atoms with van der Waals surface area (Å²) in [6.45, 7) is 6.67. The Morgan fingerprint density at radius 1 is 1.33 bits per heavy atom. The second kappa shape index (κ2) is 5.61. The van der Waals surface area contributed by atoms with Crippen molar-refractivity contribution < 1.29 is 9.13 Å². The number of hydrogen-bond donors (Lipinski definition) is 0. The van der Waals surface area contributed by atoms with Crippen molar-refractivity contribution in [1.29, 1.82) is 0 Å². The summed E-state index contributed by atoms with van der Waals surface area (Å²) in [5.74, 6) is 0.227. The number of ether oxygens (including phenoxy) is 1. The SMILES string of the molecule is CC(C)C(C)OCc1cccc(F)c1Br. The molecule has 0 bridgehead atoms. The zero-order valence-electron chi connectivity index (χ0n) is 9.26. The highest BCUT2D eigenvalue weighted by molar-refractivity contribution is 9.10. The standard InChI is InChI=1S/C12H16BrFO/c1-8(2)9(3)15-7-10-5-4-6-11(14)12(10)13/h4-6,8-9H,7H2,1-3H3. The molecule has 0 radical (unpaired) electrons. The molecular weight excluding hydrogens is 259 g/mol. The predicted molar refractivity (Wildman–Crippen MR) is 63.2 cm³/mol. The monoisotopic (exact) mass is 274 g/mol. The summed E-state index contributed by atoms with van der Waals surface area (Å²) in [7, 11) is 0. The lowest BCUT2D eigenvalue weighted by molar-refractivity contribution is 0.0231. The summed E-state index contributed by atoms with van der Waals surface area (Å²) in [5.41, 5.74) is 0.850. The van der Waals surface area contributed by atoms with Gasteiger partial charge in [-0.25, -0.2) is 4.39 Å². The maximum Gasteiger partial charge on any atom is 0.137 e. The molecule has 1 aromatic carbocycles. The average Bonchev–Trinajstić information content (AvgIpc) is 2.19. The van der Waals surface area contributed by atoms with E-state index in [9.17, 15) is 4.39 Å². The van der Waals surface area contributed by atoms with E-state index in [-0.39, 0.29) is 11.9 Å². The fraction of sp³-hybridized carbons (Fsp3) is 0.500. The van der Waals surface area contributed by atoms with Gasteiger partial charge < -0.3 is 4.74 Å². The van der Waals surface area contributed by atoms with E-state index in [0.29, 0.717) is 17.0 Å². The predicted octanol–water partition coefficient (Wildman–Crippen LogP) is 4.15. The minimum atomic E-state index is -0.242. The second-order valence-electron chi connectivity index (χ2n) is 3.97. The Kier molecular flexibility index (Phi) is 4.74. The molecule has 15 heavy (non-hydrogen) atoms. The van der Waals surface area contributed by atoms with Crippen LogP contribution in [0.3, 0.4) is 0 Å². The van der Waals surface area contributed by atoms with Crippen molar-refractivity contribution in [2.24, 2.45) is 5.92 Å². The fourth-order valence-electron chi connectivity index (χ4n) is 1.07. The van der Waals surface area contributed by atoms with Gasteiger partial charge >= 0.3 is 0 Å². The van der Waals surface area contributed by atoms with Gasteiger partial charge in [-0.15, -0.1) is 0 Å². The topological polar surface area (TPSA) is 9.23 Å². The van der Waals surface area contributed by atoms with Crippen molar-refractivity contribution in [2.45, 2.75) is 33.5 Å². The zero-order chi connectivity index (χ0) is 11.4. The minimum absolute atomic E-state index is 0.181. The molecule has 0 N–H and O–H groups in total. The lowest BCUT2D eigenvalue weighted by Gasteiger charge is -2.17. The summed E-state index contributed by atoms with van der Waals surface area (Å²) in [5, 5.41) is 0. The molecule has 1 aromatic rings. The van der Waals surface area contributed by atoms with Gasteiger partial charge in [0.25, 0.3) is 0 Å². The molecule has 3 heteroatoms. The smallest absolute Gasteiger partial charge is 0.137 e. The molecule has 0 amide bonds. The molecule has 0 aliphatic rings. The number of benzene rings is 1. The van der Waals surface area contributed by atoms with E-state index >= 15 is 0 Å². The second-order valence-corrected chi connectivity index (χ2v) is 4.77. The van der Waals surface area contributed by atoms with E-state index in [1.165, 1.54) is 6.07 Å². The maximum atomic E-state index is 13.2. The summed E-state index contributed by atoms with van der Waals surface area (Å²) in [6, 6.07) is 4.98. The van der Waals surface area contributed by atoms with Crippen LogP contribution in [0.1, 0.15) is 26.3 Å². The number of hydrogen-bond acceptors (Lipinski definition) is 1. The van der Waals surface area contributed by atoms with Crippen LogP contribution in [0.4, 0.5) is 4.39 Å². The van der Waals surface area contributed by atoms with Gasteiger partial charge in [0.1, 0.15) is 5.82 Å². The van der Waals surface area contributed by atoms with E-state index in [4.69, 9.17) is 4.74 Å². The number of halogens is 2. The highest BCUT2D eigenvalue weighted by Gasteiger charge is 2.10. The van der Waals surface area contributed by atoms with Gasteiger partial charge in [0.05, 0.1) is 17.2 Å². The Morgan fingerprint density at radius 2 is 2.00 bits per heavy atom. The molecule has 0 aromatic heterocycles. The summed E-state index contributed by atoms with van der Waals surface area (Å²) in [4.78, 5) is 0. The molecule has 1 unspecified atom stereocenters. The van der Waals surface area contributed by atoms with Crippen LogP contribution in [0.5, 0.6) is 0 Å². The summed E-state index contributed by atoms with van der Waals surface area (Å²) < 4.78 is 19.3. The first-order valence-corrected chi connectivity index (χ1v) is 5.86. The van der Waals surface area contributed by atoms with Gasteiger partial charge in [0.15, 0.2) is 0 Å². The van der Waals surface area contributed by atoms with Crippen molar-refractivity contribution >= 4 is 15.9 Å². The Bertz CT molecular complexity index is 325. The molecule has 0 fully saturated rings. The highest BCUT2D eigenvalue weighted by Crippen LogP contribution is 2.22. The van der Waals surface area contributed by atoms with Crippen LogP contribution in [0.2, 0.25) is 0 Å². The molecule has 0 spiro atoms. The molecule has 84 valence electrons.